The second kappa shape index (κ2) is 5.83. The molecule has 0 spiro atoms. The van der Waals surface area contributed by atoms with Crippen molar-refractivity contribution in [2.75, 3.05) is 19.7 Å². The van der Waals surface area contributed by atoms with Gasteiger partial charge in [-0.15, -0.1) is 0 Å². The van der Waals surface area contributed by atoms with Crippen molar-refractivity contribution in [1.29, 1.82) is 0 Å². The van der Waals surface area contributed by atoms with Crippen LogP contribution in [0.4, 0.5) is 0 Å². The second-order valence-electron chi connectivity index (χ2n) is 5.50. The minimum Gasteiger partial charge on any atom is -0.368 e. The van der Waals surface area contributed by atoms with Crippen molar-refractivity contribution in [2.45, 2.75) is 51.2 Å². The van der Waals surface area contributed by atoms with Crippen molar-refractivity contribution in [3.8, 4) is 0 Å². The fourth-order valence-electron chi connectivity index (χ4n) is 2.81. The first-order chi connectivity index (χ1) is 8.16. The van der Waals surface area contributed by atoms with E-state index in [0.717, 1.165) is 19.4 Å². The number of carbonyl (C=O) groups excluding carboxylic acids is 1. The van der Waals surface area contributed by atoms with Crippen LogP contribution in [0.25, 0.3) is 0 Å². The maximum atomic E-state index is 11.9. The summed E-state index contributed by atoms with van der Waals surface area (Å²) >= 11 is 0. The van der Waals surface area contributed by atoms with Gasteiger partial charge < -0.3 is 15.4 Å². The maximum Gasteiger partial charge on any atom is 0.248 e. The van der Waals surface area contributed by atoms with Crippen molar-refractivity contribution in [1.82, 2.24) is 4.90 Å². The molecule has 2 aliphatic rings. The Kier molecular flexibility index (Phi) is 4.40. The van der Waals surface area contributed by atoms with E-state index in [1.807, 2.05) is 4.90 Å². The van der Waals surface area contributed by atoms with Gasteiger partial charge in [0.05, 0.1) is 6.10 Å². The van der Waals surface area contributed by atoms with Crippen molar-refractivity contribution in [3.05, 3.63) is 0 Å². The number of ether oxygens (including phenoxy) is 1. The molecule has 1 aliphatic heterocycles. The van der Waals surface area contributed by atoms with Gasteiger partial charge in [-0.3, -0.25) is 4.79 Å². The Labute approximate surface area is 103 Å². The largest absolute Gasteiger partial charge is 0.368 e. The molecule has 1 saturated heterocycles. The molecule has 98 valence electrons. The summed E-state index contributed by atoms with van der Waals surface area (Å²) in [4.78, 5) is 13.7. The van der Waals surface area contributed by atoms with E-state index in [0.29, 0.717) is 12.5 Å². The monoisotopic (exact) mass is 240 g/mol. The predicted octanol–water partition coefficient (Wildman–Crippen LogP) is 1.14. The summed E-state index contributed by atoms with van der Waals surface area (Å²) in [6.45, 7) is 3.95. The Bertz CT molecular complexity index is 270. The molecular weight excluding hydrogens is 216 g/mol. The van der Waals surface area contributed by atoms with Gasteiger partial charge in [0, 0.05) is 19.1 Å². The Morgan fingerprint density at radius 1 is 1.35 bits per heavy atom. The molecule has 1 saturated carbocycles. The summed E-state index contributed by atoms with van der Waals surface area (Å²) in [5.74, 6) is 0.702. The van der Waals surface area contributed by atoms with E-state index >= 15 is 0 Å². The molecule has 4 nitrogen and oxygen atoms in total. The summed E-state index contributed by atoms with van der Waals surface area (Å²) in [5.41, 5.74) is 5.79. The maximum absolute atomic E-state index is 11.9. The lowest BCUT2D eigenvalue weighted by Crippen LogP contribution is -2.36. The standard InChI is InChI=1S/C13H24N2O2/c1-10-4-2-3-5-12(10)17-9-13(16)15-7-6-11(14)8-15/h10-12H,2-9,14H2,1H3/t10-,11-,12+/m1/s1. The molecule has 0 unspecified atom stereocenters. The molecule has 1 heterocycles. The number of rotatable bonds is 3. The van der Waals surface area contributed by atoms with Gasteiger partial charge >= 0.3 is 0 Å². The zero-order valence-electron chi connectivity index (χ0n) is 10.7. The molecule has 2 N–H and O–H groups in total. The fraction of sp³-hybridized carbons (Fsp3) is 0.923. The summed E-state index contributed by atoms with van der Waals surface area (Å²) in [7, 11) is 0. The average molecular weight is 240 g/mol. The minimum atomic E-state index is 0.107. The highest BCUT2D eigenvalue weighted by Gasteiger charge is 2.26. The lowest BCUT2D eigenvalue weighted by Gasteiger charge is -2.29. The number of likely N-dealkylation sites (tertiary alicyclic amines) is 1. The van der Waals surface area contributed by atoms with Gasteiger partial charge in [0.1, 0.15) is 6.61 Å². The van der Waals surface area contributed by atoms with E-state index in [2.05, 4.69) is 6.92 Å². The number of nitrogens with two attached hydrogens (primary N) is 1. The Morgan fingerprint density at radius 3 is 2.76 bits per heavy atom. The summed E-state index contributed by atoms with van der Waals surface area (Å²) < 4.78 is 5.77. The van der Waals surface area contributed by atoms with Crippen molar-refractivity contribution < 1.29 is 9.53 Å². The van der Waals surface area contributed by atoms with Crippen LogP contribution in [0.5, 0.6) is 0 Å². The van der Waals surface area contributed by atoms with Crippen LogP contribution in [0.3, 0.4) is 0 Å². The number of nitrogens with zero attached hydrogens (tertiary/aromatic N) is 1. The molecule has 0 aromatic rings. The number of carbonyl (C=O) groups is 1. The van der Waals surface area contributed by atoms with Crippen LogP contribution >= 0.6 is 0 Å². The first-order valence-corrected chi connectivity index (χ1v) is 6.82. The van der Waals surface area contributed by atoms with Gasteiger partial charge in [0.25, 0.3) is 0 Å². The Balaban J connectivity index is 1.72. The molecule has 2 fully saturated rings. The third kappa shape index (κ3) is 3.42. The third-order valence-corrected chi connectivity index (χ3v) is 4.03. The highest BCUT2D eigenvalue weighted by atomic mass is 16.5. The van der Waals surface area contributed by atoms with E-state index in [9.17, 15) is 4.79 Å². The quantitative estimate of drug-likeness (QED) is 0.805. The van der Waals surface area contributed by atoms with Gasteiger partial charge in [-0.2, -0.15) is 0 Å². The lowest BCUT2D eigenvalue weighted by atomic mass is 9.88. The highest BCUT2D eigenvalue weighted by molar-refractivity contribution is 5.77. The normalized spacial score (nSPS) is 34.0. The lowest BCUT2D eigenvalue weighted by molar-refractivity contribution is -0.139. The van der Waals surface area contributed by atoms with Crippen molar-refractivity contribution in [2.24, 2.45) is 11.7 Å². The van der Waals surface area contributed by atoms with E-state index in [1.165, 1.54) is 19.3 Å². The summed E-state index contributed by atoms with van der Waals surface area (Å²) in [6, 6.07) is 0.160. The Hall–Kier alpha value is -0.610. The highest BCUT2D eigenvalue weighted by Crippen LogP contribution is 2.26. The molecule has 17 heavy (non-hydrogen) atoms. The molecule has 0 radical (unpaired) electrons. The van der Waals surface area contributed by atoms with Gasteiger partial charge in [-0.1, -0.05) is 19.8 Å². The minimum absolute atomic E-state index is 0.107. The Morgan fingerprint density at radius 2 is 2.12 bits per heavy atom. The number of amides is 1. The molecule has 4 heteroatoms. The molecule has 0 bridgehead atoms. The molecule has 0 aromatic heterocycles. The van der Waals surface area contributed by atoms with Crippen LogP contribution in [-0.4, -0.2) is 42.6 Å². The van der Waals surface area contributed by atoms with E-state index in [-0.39, 0.29) is 24.7 Å². The summed E-state index contributed by atoms with van der Waals surface area (Å²) in [5, 5.41) is 0. The average Bonchev–Trinajstić information content (AvgIpc) is 2.74. The molecule has 1 amide bonds. The second-order valence-corrected chi connectivity index (χ2v) is 5.50. The number of hydrogen-bond acceptors (Lipinski definition) is 3. The summed E-state index contributed by atoms with van der Waals surface area (Å²) in [6.07, 6.45) is 6.07. The van der Waals surface area contributed by atoms with E-state index < -0.39 is 0 Å². The molecule has 1 aliphatic carbocycles. The predicted molar refractivity (Wildman–Crippen MR) is 66.5 cm³/mol. The molecule has 0 aromatic carbocycles. The van der Waals surface area contributed by atoms with Crippen molar-refractivity contribution >= 4 is 5.91 Å². The SMILES string of the molecule is C[C@@H]1CCCC[C@@H]1OCC(=O)N1CC[C@@H](N)C1. The van der Waals surface area contributed by atoms with Gasteiger partial charge in [-0.05, 0) is 25.2 Å². The first-order valence-electron chi connectivity index (χ1n) is 6.82. The van der Waals surface area contributed by atoms with E-state index in [4.69, 9.17) is 10.5 Å². The smallest absolute Gasteiger partial charge is 0.248 e. The molecular formula is C13H24N2O2. The van der Waals surface area contributed by atoms with Crippen LogP contribution in [0.1, 0.15) is 39.0 Å². The third-order valence-electron chi connectivity index (χ3n) is 4.03. The fourth-order valence-corrected chi connectivity index (χ4v) is 2.81. The van der Waals surface area contributed by atoms with Crippen LogP contribution in [0.2, 0.25) is 0 Å². The topological polar surface area (TPSA) is 55.6 Å². The number of hydrogen-bond donors (Lipinski definition) is 1. The zero-order chi connectivity index (χ0) is 12.3. The zero-order valence-corrected chi connectivity index (χ0v) is 10.7. The van der Waals surface area contributed by atoms with Crippen LogP contribution < -0.4 is 5.73 Å². The molecule has 3 atom stereocenters. The van der Waals surface area contributed by atoms with E-state index in [1.54, 1.807) is 0 Å². The van der Waals surface area contributed by atoms with Crippen molar-refractivity contribution in [3.63, 3.8) is 0 Å². The first kappa shape index (κ1) is 12.8. The van der Waals surface area contributed by atoms with Crippen LogP contribution in [-0.2, 0) is 9.53 Å². The molecule has 2 rings (SSSR count). The van der Waals surface area contributed by atoms with Crippen LogP contribution in [0, 0.1) is 5.92 Å². The van der Waals surface area contributed by atoms with Gasteiger partial charge in [-0.25, -0.2) is 0 Å². The van der Waals surface area contributed by atoms with Gasteiger partial charge in [0.2, 0.25) is 5.91 Å². The van der Waals surface area contributed by atoms with Crippen LogP contribution in [0.15, 0.2) is 0 Å². The van der Waals surface area contributed by atoms with Gasteiger partial charge in [0.15, 0.2) is 0 Å².